The fraction of sp³-hybridized carbons (Fsp3) is 0.455. The maximum absolute atomic E-state index is 13.3. The van der Waals surface area contributed by atoms with Crippen LogP contribution in [0.2, 0.25) is 0 Å². The van der Waals surface area contributed by atoms with Crippen LogP contribution in [0.3, 0.4) is 0 Å². The van der Waals surface area contributed by atoms with Crippen LogP contribution in [0.15, 0.2) is 24.3 Å². The summed E-state index contributed by atoms with van der Waals surface area (Å²) < 4.78 is 26.7. The molecule has 1 radical (unpaired) electrons. The fourth-order valence-electron chi connectivity index (χ4n) is 1.17. The van der Waals surface area contributed by atoms with Crippen LogP contribution in [0.25, 0.3) is 0 Å². The van der Waals surface area contributed by atoms with Crippen molar-refractivity contribution in [2.45, 2.75) is 32.1 Å². The molecule has 0 fully saturated rings. The molecule has 71 valence electrons. The molecule has 0 aliphatic carbocycles. The Labute approximate surface area is 77.6 Å². The van der Waals surface area contributed by atoms with E-state index in [9.17, 15) is 8.78 Å². The molecule has 0 N–H and O–H groups in total. The van der Waals surface area contributed by atoms with Gasteiger partial charge in [0.15, 0.2) is 0 Å². The van der Waals surface area contributed by atoms with Crippen molar-refractivity contribution in [3.8, 4) is 0 Å². The zero-order valence-electron chi connectivity index (χ0n) is 7.69. The SMILES string of the molecule is CCCCC(F)(F)c1cc[c]cc1. The highest BCUT2D eigenvalue weighted by molar-refractivity contribution is 5.19. The Morgan fingerprint density at radius 1 is 1.31 bits per heavy atom. The molecule has 0 amide bonds. The van der Waals surface area contributed by atoms with E-state index in [4.69, 9.17) is 0 Å². The minimum Gasteiger partial charge on any atom is -0.201 e. The van der Waals surface area contributed by atoms with Crippen molar-refractivity contribution in [3.63, 3.8) is 0 Å². The van der Waals surface area contributed by atoms with Crippen LogP contribution in [-0.2, 0) is 5.92 Å². The minimum atomic E-state index is -2.68. The van der Waals surface area contributed by atoms with Gasteiger partial charge in [0.1, 0.15) is 0 Å². The topological polar surface area (TPSA) is 0 Å². The minimum absolute atomic E-state index is 0.0620. The summed E-state index contributed by atoms with van der Waals surface area (Å²) in [6, 6.07) is 8.63. The van der Waals surface area contributed by atoms with Crippen LogP contribution in [0, 0.1) is 6.07 Å². The molecule has 13 heavy (non-hydrogen) atoms. The lowest BCUT2D eigenvalue weighted by atomic mass is 10.0. The molecule has 2 heteroatoms. The van der Waals surface area contributed by atoms with Gasteiger partial charge in [-0.15, -0.1) is 0 Å². The van der Waals surface area contributed by atoms with Gasteiger partial charge in [0.2, 0.25) is 0 Å². The predicted octanol–water partition coefficient (Wildman–Crippen LogP) is 3.77. The summed E-state index contributed by atoms with van der Waals surface area (Å²) in [4.78, 5) is 0. The van der Waals surface area contributed by atoms with Crippen molar-refractivity contribution in [1.82, 2.24) is 0 Å². The third kappa shape index (κ3) is 2.79. The fourth-order valence-corrected chi connectivity index (χ4v) is 1.17. The standard InChI is InChI=1S/C11H13F2/c1-2-3-9-11(12,13)10-7-5-4-6-8-10/h5-8H,2-3,9H2,1H3. The Bertz CT molecular complexity index is 242. The maximum atomic E-state index is 13.3. The second-order valence-corrected chi connectivity index (χ2v) is 3.10. The Morgan fingerprint density at radius 3 is 2.46 bits per heavy atom. The molecule has 0 spiro atoms. The lowest BCUT2D eigenvalue weighted by molar-refractivity contribution is -0.0154. The second kappa shape index (κ2) is 4.35. The first-order chi connectivity index (χ1) is 6.17. The van der Waals surface area contributed by atoms with Crippen molar-refractivity contribution in [2.75, 3.05) is 0 Å². The molecule has 0 aliphatic heterocycles. The summed E-state index contributed by atoms with van der Waals surface area (Å²) in [6.45, 7) is 1.91. The Kier molecular flexibility index (Phi) is 3.40. The summed E-state index contributed by atoms with van der Waals surface area (Å²) >= 11 is 0. The van der Waals surface area contributed by atoms with Gasteiger partial charge in [-0.25, -0.2) is 8.78 Å². The Balaban J connectivity index is 2.69. The first-order valence-corrected chi connectivity index (χ1v) is 4.51. The Morgan fingerprint density at radius 2 is 1.92 bits per heavy atom. The van der Waals surface area contributed by atoms with E-state index in [1.807, 2.05) is 6.92 Å². The highest BCUT2D eigenvalue weighted by Gasteiger charge is 2.29. The van der Waals surface area contributed by atoms with Crippen LogP contribution in [-0.4, -0.2) is 0 Å². The van der Waals surface area contributed by atoms with Gasteiger partial charge >= 0.3 is 0 Å². The van der Waals surface area contributed by atoms with Gasteiger partial charge in [-0.05, 0) is 12.5 Å². The summed E-state index contributed by atoms with van der Waals surface area (Å²) in [5, 5.41) is 0. The van der Waals surface area contributed by atoms with Crippen LogP contribution in [0.5, 0.6) is 0 Å². The van der Waals surface area contributed by atoms with Crippen LogP contribution in [0.1, 0.15) is 31.7 Å². The molecule has 1 rings (SSSR count). The second-order valence-electron chi connectivity index (χ2n) is 3.10. The first-order valence-electron chi connectivity index (χ1n) is 4.51. The molecule has 0 bridgehead atoms. The molecule has 0 heterocycles. The average Bonchev–Trinajstić information content (AvgIpc) is 2.16. The molecule has 0 saturated carbocycles. The van der Waals surface area contributed by atoms with E-state index in [1.165, 1.54) is 24.3 Å². The molecule has 1 aromatic rings. The number of hydrogen-bond acceptors (Lipinski definition) is 0. The van der Waals surface area contributed by atoms with E-state index in [0.717, 1.165) is 6.42 Å². The van der Waals surface area contributed by atoms with E-state index in [2.05, 4.69) is 6.07 Å². The van der Waals surface area contributed by atoms with Gasteiger partial charge < -0.3 is 0 Å². The molecule has 1 aromatic carbocycles. The monoisotopic (exact) mass is 183 g/mol. The van der Waals surface area contributed by atoms with Crippen LogP contribution >= 0.6 is 0 Å². The number of rotatable bonds is 4. The molecule has 0 nitrogen and oxygen atoms in total. The van der Waals surface area contributed by atoms with E-state index in [0.29, 0.717) is 6.42 Å². The number of alkyl halides is 2. The van der Waals surface area contributed by atoms with Gasteiger partial charge in [-0.3, -0.25) is 0 Å². The molecule has 0 aliphatic rings. The van der Waals surface area contributed by atoms with Gasteiger partial charge in [0, 0.05) is 12.0 Å². The third-order valence-corrected chi connectivity index (χ3v) is 1.98. The zero-order valence-corrected chi connectivity index (χ0v) is 7.69. The number of unbranched alkanes of at least 4 members (excludes halogenated alkanes) is 1. The smallest absolute Gasteiger partial charge is 0.201 e. The molecular formula is C11H13F2. The van der Waals surface area contributed by atoms with Gasteiger partial charge in [0.05, 0.1) is 0 Å². The Hall–Kier alpha value is -0.920. The van der Waals surface area contributed by atoms with Gasteiger partial charge in [0.25, 0.3) is 5.92 Å². The lowest BCUT2D eigenvalue weighted by Crippen LogP contribution is -2.12. The van der Waals surface area contributed by atoms with E-state index in [1.54, 1.807) is 0 Å². The van der Waals surface area contributed by atoms with Crippen molar-refractivity contribution in [3.05, 3.63) is 35.9 Å². The number of halogens is 2. The van der Waals surface area contributed by atoms with Crippen molar-refractivity contribution in [2.24, 2.45) is 0 Å². The third-order valence-electron chi connectivity index (χ3n) is 1.98. The van der Waals surface area contributed by atoms with Crippen LogP contribution in [0.4, 0.5) is 8.78 Å². The summed E-state index contributed by atoms with van der Waals surface area (Å²) in [5.74, 6) is -2.68. The maximum Gasteiger partial charge on any atom is 0.273 e. The molecule has 0 unspecified atom stereocenters. The molecular weight excluding hydrogens is 170 g/mol. The van der Waals surface area contributed by atoms with Crippen molar-refractivity contribution in [1.29, 1.82) is 0 Å². The summed E-state index contributed by atoms with van der Waals surface area (Å²) in [6.07, 6.45) is 1.30. The number of benzene rings is 1. The largest absolute Gasteiger partial charge is 0.273 e. The first kappa shape index (κ1) is 10.2. The van der Waals surface area contributed by atoms with E-state index in [-0.39, 0.29) is 12.0 Å². The van der Waals surface area contributed by atoms with E-state index >= 15 is 0 Å². The predicted molar refractivity (Wildman–Crippen MR) is 48.7 cm³/mol. The van der Waals surface area contributed by atoms with Crippen LogP contribution < -0.4 is 0 Å². The lowest BCUT2D eigenvalue weighted by Gasteiger charge is -2.15. The van der Waals surface area contributed by atoms with Crippen molar-refractivity contribution >= 4 is 0 Å². The number of hydrogen-bond donors (Lipinski definition) is 0. The van der Waals surface area contributed by atoms with Gasteiger partial charge in [-0.1, -0.05) is 37.6 Å². The van der Waals surface area contributed by atoms with Gasteiger partial charge in [-0.2, -0.15) is 0 Å². The average molecular weight is 183 g/mol. The molecule has 0 atom stereocenters. The van der Waals surface area contributed by atoms with Crippen molar-refractivity contribution < 1.29 is 8.78 Å². The van der Waals surface area contributed by atoms with E-state index < -0.39 is 5.92 Å². The molecule has 0 aromatic heterocycles. The molecule has 0 saturated heterocycles. The highest BCUT2D eigenvalue weighted by Crippen LogP contribution is 2.32. The summed E-state index contributed by atoms with van der Waals surface area (Å²) in [7, 11) is 0. The highest BCUT2D eigenvalue weighted by atomic mass is 19.3. The zero-order chi connectivity index (χ0) is 9.73. The quantitative estimate of drug-likeness (QED) is 0.666. The summed E-state index contributed by atoms with van der Waals surface area (Å²) in [5.41, 5.74) is 0.0969. The normalized spacial score (nSPS) is 11.6.